The van der Waals surface area contributed by atoms with Crippen molar-refractivity contribution < 1.29 is 29.0 Å². The Morgan fingerprint density at radius 3 is 2.63 bits per heavy atom. The van der Waals surface area contributed by atoms with Crippen molar-refractivity contribution in [3.8, 4) is 11.5 Å². The number of nitrogens with one attached hydrogen (secondary N) is 1. The number of aliphatic hydroxyl groups excluding tert-OH is 1. The Hall–Kier alpha value is -3.67. The molecule has 1 aromatic heterocycles. The van der Waals surface area contributed by atoms with Crippen LogP contribution in [0.5, 0.6) is 11.5 Å². The van der Waals surface area contributed by atoms with Crippen molar-refractivity contribution in [3.63, 3.8) is 0 Å². The number of aromatic nitrogens is 2. The summed E-state index contributed by atoms with van der Waals surface area (Å²) in [4.78, 5) is 20.5. The van der Waals surface area contributed by atoms with Crippen LogP contribution in [0.25, 0.3) is 0 Å². The second-order valence-electron chi connectivity index (χ2n) is 8.29. The van der Waals surface area contributed by atoms with Gasteiger partial charge in [0, 0.05) is 44.3 Å². The van der Waals surface area contributed by atoms with Crippen LogP contribution in [0.1, 0.15) is 24.4 Å². The minimum absolute atomic E-state index is 0.124. The lowest BCUT2D eigenvalue weighted by atomic mass is 9.83. The molecule has 3 aromatic rings. The minimum atomic E-state index is -1.36. The van der Waals surface area contributed by atoms with E-state index in [1.54, 1.807) is 32.5 Å². The van der Waals surface area contributed by atoms with Crippen molar-refractivity contribution in [3.05, 3.63) is 76.4 Å². The molecule has 186 valence electrons. The number of nitro groups is 1. The molecule has 35 heavy (non-hydrogen) atoms. The summed E-state index contributed by atoms with van der Waals surface area (Å²) >= 11 is 0. The van der Waals surface area contributed by atoms with Crippen LogP contribution < -0.4 is 14.4 Å². The zero-order chi connectivity index (χ0) is 25.2. The lowest BCUT2D eigenvalue weighted by Crippen LogP contribution is -2.62. The first-order valence-corrected chi connectivity index (χ1v) is 10.9. The number of rotatable bonds is 9. The Kier molecular flexibility index (Phi) is 6.92. The molecule has 0 spiro atoms. The van der Waals surface area contributed by atoms with E-state index in [-0.39, 0.29) is 12.2 Å². The Morgan fingerprint density at radius 1 is 1.26 bits per heavy atom. The second-order valence-corrected chi connectivity index (χ2v) is 8.29. The molecular weight excluding hydrogens is 456 g/mol. The van der Waals surface area contributed by atoms with Crippen LogP contribution in [-0.2, 0) is 16.0 Å². The standard InChI is InChI=1S/C24H28N4O7/c1-24(23(33-3)34-4)22(29)21(16-13-15(28(30)31)9-10-18(16)35-24)27(14-20-25-11-12-26-20)17-7-5-6-8-19(17)32-2/h5-13,21-23,29H,14H2,1-4H3,(H,25,26)/t21-,22+,24-/m0/s1. The number of anilines is 1. The van der Waals surface area contributed by atoms with Gasteiger partial charge in [-0.05, 0) is 25.1 Å². The van der Waals surface area contributed by atoms with E-state index in [1.807, 2.05) is 23.1 Å². The van der Waals surface area contributed by atoms with E-state index in [0.29, 0.717) is 28.6 Å². The fourth-order valence-electron chi connectivity index (χ4n) is 4.59. The molecule has 2 heterocycles. The first kappa shape index (κ1) is 24.5. The molecule has 11 nitrogen and oxygen atoms in total. The van der Waals surface area contributed by atoms with E-state index < -0.39 is 29.0 Å². The summed E-state index contributed by atoms with van der Waals surface area (Å²) in [6.07, 6.45) is 1.14. The normalized spacial score (nSPS) is 21.3. The van der Waals surface area contributed by atoms with E-state index in [0.717, 1.165) is 0 Å². The van der Waals surface area contributed by atoms with Crippen LogP contribution in [0.4, 0.5) is 11.4 Å². The van der Waals surface area contributed by atoms with Gasteiger partial charge in [0.1, 0.15) is 23.4 Å². The van der Waals surface area contributed by atoms with Crippen LogP contribution in [0.15, 0.2) is 54.9 Å². The smallest absolute Gasteiger partial charge is 0.270 e. The van der Waals surface area contributed by atoms with Crippen molar-refractivity contribution in [1.29, 1.82) is 0 Å². The zero-order valence-corrected chi connectivity index (χ0v) is 19.9. The zero-order valence-electron chi connectivity index (χ0n) is 19.9. The number of fused-ring (bicyclic) bond motifs is 1. The molecular formula is C24H28N4O7. The number of imidazole rings is 1. The molecule has 3 atom stereocenters. The number of aromatic amines is 1. The number of aliphatic hydroxyl groups is 1. The molecule has 0 unspecified atom stereocenters. The highest BCUT2D eigenvalue weighted by Crippen LogP contribution is 2.48. The number of ether oxygens (including phenoxy) is 4. The number of H-pyrrole nitrogens is 1. The molecule has 1 aliphatic rings. The van der Waals surface area contributed by atoms with Crippen LogP contribution in [0, 0.1) is 10.1 Å². The average molecular weight is 485 g/mol. The summed E-state index contributed by atoms with van der Waals surface area (Å²) in [5.74, 6) is 1.55. The van der Waals surface area contributed by atoms with Gasteiger partial charge in [0.25, 0.3) is 5.69 Å². The number of para-hydroxylation sites is 2. The van der Waals surface area contributed by atoms with Gasteiger partial charge in [0.05, 0.1) is 30.3 Å². The third-order valence-electron chi connectivity index (χ3n) is 6.24. The average Bonchev–Trinajstić information content (AvgIpc) is 3.37. The number of nitrogens with zero attached hydrogens (tertiary/aromatic N) is 3. The van der Waals surface area contributed by atoms with Crippen LogP contribution in [0.3, 0.4) is 0 Å². The van der Waals surface area contributed by atoms with Gasteiger partial charge in [0.15, 0.2) is 11.9 Å². The molecule has 0 aliphatic carbocycles. The molecule has 1 aliphatic heterocycles. The predicted molar refractivity (Wildman–Crippen MR) is 126 cm³/mol. The van der Waals surface area contributed by atoms with E-state index in [9.17, 15) is 15.2 Å². The second kappa shape index (κ2) is 9.90. The highest BCUT2D eigenvalue weighted by molar-refractivity contribution is 5.62. The topological polar surface area (TPSA) is 132 Å². The third-order valence-corrected chi connectivity index (χ3v) is 6.24. The summed E-state index contributed by atoms with van der Waals surface area (Å²) in [6.45, 7) is 1.91. The van der Waals surface area contributed by atoms with E-state index in [4.69, 9.17) is 18.9 Å². The lowest BCUT2D eigenvalue weighted by Gasteiger charge is -2.49. The highest BCUT2D eigenvalue weighted by atomic mass is 16.7. The van der Waals surface area contributed by atoms with Crippen LogP contribution in [0.2, 0.25) is 0 Å². The first-order valence-electron chi connectivity index (χ1n) is 10.9. The first-order chi connectivity index (χ1) is 16.8. The largest absolute Gasteiger partial charge is 0.495 e. The number of hydrogen-bond acceptors (Lipinski definition) is 9. The summed E-state index contributed by atoms with van der Waals surface area (Å²) < 4.78 is 22.8. The SMILES string of the molecule is COc1ccccc1N(Cc1ncc[nH]1)[C@H]1c2cc([N+](=O)[O-])ccc2O[C@](C)(C(OC)OC)[C@@H]1O. The fraction of sp³-hybridized carbons (Fsp3) is 0.375. The maximum absolute atomic E-state index is 11.9. The van der Waals surface area contributed by atoms with Crippen molar-refractivity contribution >= 4 is 11.4 Å². The van der Waals surface area contributed by atoms with E-state index in [2.05, 4.69) is 9.97 Å². The molecule has 0 saturated carbocycles. The van der Waals surface area contributed by atoms with Crippen molar-refractivity contribution in [2.45, 2.75) is 37.5 Å². The van der Waals surface area contributed by atoms with Crippen molar-refractivity contribution in [2.24, 2.45) is 0 Å². The van der Waals surface area contributed by atoms with Gasteiger partial charge in [-0.3, -0.25) is 10.1 Å². The summed E-state index contributed by atoms with van der Waals surface area (Å²) in [5, 5.41) is 23.5. The predicted octanol–water partition coefficient (Wildman–Crippen LogP) is 3.21. The Labute approximate surface area is 202 Å². The number of benzene rings is 2. The van der Waals surface area contributed by atoms with Gasteiger partial charge in [-0.2, -0.15) is 0 Å². The minimum Gasteiger partial charge on any atom is -0.495 e. The monoisotopic (exact) mass is 484 g/mol. The Morgan fingerprint density at radius 2 is 2.00 bits per heavy atom. The quantitative estimate of drug-likeness (QED) is 0.267. The van der Waals surface area contributed by atoms with Gasteiger partial charge in [0.2, 0.25) is 0 Å². The number of hydrogen-bond donors (Lipinski definition) is 2. The summed E-state index contributed by atoms with van der Waals surface area (Å²) in [6, 6.07) is 10.8. The van der Waals surface area contributed by atoms with Gasteiger partial charge < -0.3 is 33.9 Å². The molecule has 0 saturated heterocycles. The fourth-order valence-corrected chi connectivity index (χ4v) is 4.59. The summed E-state index contributed by atoms with van der Waals surface area (Å²) in [7, 11) is 4.46. The highest BCUT2D eigenvalue weighted by Gasteiger charge is 2.54. The van der Waals surface area contributed by atoms with Crippen molar-refractivity contribution in [1.82, 2.24) is 9.97 Å². The lowest BCUT2D eigenvalue weighted by molar-refractivity contribution is -0.385. The molecule has 0 fully saturated rings. The number of nitro benzene ring substituents is 1. The van der Waals surface area contributed by atoms with Crippen LogP contribution >= 0.6 is 0 Å². The molecule has 0 radical (unpaired) electrons. The molecule has 11 heteroatoms. The third kappa shape index (κ3) is 4.41. The Balaban J connectivity index is 1.95. The maximum Gasteiger partial charge on any atom is 0.270 e. The summed E-state index contributed by atoms with van der Waals surface area (Å²) in [5.41, 5.74) is -0.391. The molecule has 0 amide bonds. The number of methoxy groups -OCH3 is 3. The van der Waals surface area contributed by atoms with Gasteiger partial charge in [-0.25, -0.2) is 4.98 Å². The van der Waals surface area contributed by atoms with Gasteiger partial charge in [-0.1, -0.05) is 12.1 Å². The van der Waals surface area contributed by atoms with Gasteiger partial charge in [-0.15, -0.1) is 0 Å². The van der Waals surface area contributed by atoms with E-state index >= 15 is 0 Å². The maximum atomic E-state index is 11.9. The molecule has 2 N–H and O–H groups in total. The van der Waals surface area contributed by atoms with Crippen LogP contribution in [-0.4, -0.2) is 59.3 Å². The van der Waals surface area contributed by atoms with Gasteiger partial charge >= 0.3 is 0 Å². The molecule has 2 aromatic carbocycles. The Bertz CT molecular complexity index is 1170. The molecule has 4 rings (SSSR count). The van der Waals surface area contributed by atoms with E-state index in [1.165, 1.54) is 32.4 Å². The number of non-ortho nitro benzene ring substituents is 1. The van der Waals surface area contributed by atoms with Crippen molar-refractivity contribution in [2.75, 3.05) is 26.2 Å². The molecule has 0 bridgehead atoms.